The second kappa shape index (κ2) is 11.7. The number of nitrogens with zero attached hydrogens (tertiary/aromatic N) is 1. The summed E-state index contributed by atoms with van der Waals surface area (Å²) in [7, 11) is -7.47. The van der Waals surface area contributed by atoms with Gasteiger partial charge >= 0.3 is 6.09 Å². The first-order chi connectivity index (χ1) is 22.8. The molecule has 3 aromatic carbocycles. The van der Waals surface area contributed by atoms with Gasteiger partial charge in [-0.05, 0) is 85.7 Å². The molecule has 4 aromatic rings. The molecule has 1 fully saturated rings. The number of benzene rings is 3. The molecule has 10 heteroatoms. The lowest BCUT2D eigenvalue weighted by Crippen LogP contribution is -2.31. The monoisotopic (exact) mass is 583 g/mol. The van der Waals surface area contributed by atoms with E-state index in [0.717, 1.165) is 54.6 Å². The highest BCUT2D eigenvalue weighted by molar-refractivity contribution is 7.90. The summed E-state index contributed by atoms with van der Waals surface area (Å²) in [6.45, 7) is -1.21. The quantitative estimate of drug-likeness (QED) is 0.275. The van der Waals surface area contributed by atoms with E-state index in [-0.39, 0.29) is 38.7 Å². The number of rotatable bonds is 8. The van der Waals surface area contributed by atoms with E-state index in [9.17, 15) is 20.7 Å². The summed E-state index contributed by atoms with van der Waals surface area (Å²) < 4.78 is 105. The fourth-order valence-corrected chi connectivity index (χ4v) is 6.02. The molecule has 1 heterocycles. The van der Waals surface area contributed by atoms with Gasteiger partial charge in [-0.2, -0.15) is 0 Å². The lowest BCUT2D eigenvalue weighted by molar-refractivity contribution is 0.0980. The first kappa shape index (κ1) is 19.7. The molecule has 1 saturated carbocycles. The number of amides is 2. The Morgan fingerprint density at radius 1 is 1.07 bits per heavy atom. The van der Waals surface area contributed by atoms with Crippen LogP contribution in [0.3, 0.4) is 0 Å². The first-order valence-corrected chi connectivity index (χ1v) is 14.3. The maximum atomic E-state index is 13.1. The van der Waals surface area contributed by atoms with E-state index >= 15 is 0 Å². The minimum atomic E-state index is -4.34. The number of sulfonamides is 1. The molecule has 41 heavy (non-hydrogen) atoms. The number of ether oxygens (including phenoxy) is 2. The van der Waals surface area contributed by atoms with E-state index in [1.807, 2.05) is 4.72 Å². The van der Waals surface area contributed by atoms with Crippen molar-refractivity contribution in [3.63, 3.8) is 0 Å². The van der Waals surface area contributed by atoms with E-state index in [2.05, 4.69) is 5.32 Å². The van der Waals surface area contributed by atoms with Gasteiger partial charge in [0, 0.05) is 48.6 Å². The van der Waals surface area contributed by atoms with Crippen molar-refractivity contribution in [1.29, 1.82) is 0 Å². The summed E-state index contributed by atoms with van der Waals surface area (Å²) in [6, 6.07) is 13.2. The van der Waals surface area contributed by atoms with Crippen LogP contribution in [0.5, 0.6) is 5.75 Å². The molecule has 2 amide bonds. The molecule has 0 spiro atoms. The molecule has 0 bridgehead atoms. The Balaban J connectivity index is 1.56. The molecule has 0 radical (unpaired) electrons. The van der Waals surface area contributed by atoms with Crippen molar-refractivity contribution in [2.75, 3.05) is 12.4 Å². The van der Waals surface area contributed by atoms with Crippen LogP contribution in [0.2, 0.25) is 0 Å². The SMILES string of the molecule is [2H]C([2H])([2H])Oc1cc(C(=O)NS(=O)(=O)c2ccccc2C)ccc1C([2H])([2H])c1cn(C([2H])([2H])[2H])c2ccc(NC(=O)OC3CCCC3)cc12. The highest BCUT2D eigenvalue weighted by Gasteiger charge is 2.22. The van der Waals surface area contributed by atoms with E-state index in [1.165, 1.54) is 30.3 Å². The van der Waals surface area contributed by atoms with Crippen LogP contribution in [0.25, 0.3) is 10.9 Å². The minimum Gasteiger partial charge on any atom is -0.496 e. The molecular formula is C31H33N3O6S. The molecular weight excluding hydrogens is 542 g/mol. The standard InChI is InChI=1S/C31H33N3O6S/c1-20-8-4-7-11-29(20)41(37,38)33-30(35)22-13-12-21(28(17-22)39-3)16-23-19-34(2)27-15-14-24(18-26(23)27)32-31(36)40-25-9-5-6-10-25/h4,7-8,11-15,17-19,25H,5-6,9-10,16H2,1-3H3,(H,32,36)(H,33,35)/i2D3,3D3,16D2. The molecule has 5 rings (SSSR count). The zero-order valence-corrected chi connectivity index (χ0v) is 22.9. The summed E-state index contributed by atoms with van der Waals surface area (Å²) in [5, 5.41) is 2.67. The van der Waals surface area contributed by atoms with Crippen LogP contribution >= 0.6 is 0 Å². The van der Waals surface area contributed by atoms with Gasteiger partial charge in [-0.1, -0.05) is 24.3 Å². The highest BCUT2D eigenvalue weighted by Crippen LogP contribution is 2.30. The molecule has 2 N–H and O–H groups in total. The molecule has 0 unspecified atom stereocenters. The predicted molar refractivity (Wildman–Crippen MR) is 157 cm³/mol. The van der Waals surface area contributed by atoms with E-state index in [0.29, 0.717) is 5.56 Å². The molecule has 9 nitrogen and oxygen atoms in total. The normalized spacial score (nSPS) is 17.6. The van der Waals surface area contributed by atoms with Crippen LogP contribution in [-0.2, 0) is 28.1 Å². The van der Waals surface area contributed by atoms with Gasteiger partial charge in [0.2, 0.25) is 0 Å². The van der Waals surface area contributed by atoms with Crippen molar-refractivity contribution in [3.8, 4) is 5.75 Å². The van der Waals surface area contributed by atoms with Gasteiger partial charge in [0.05, 0.1) is 16.0 Å². The number of aryl methyl sites for hydroxylation is 2. The zero-order chi connectivity index (χ0) is 35.9. The number of fused-ring (bicyclic) bond motifs is 1. The molecule has 0 aliphatic heterocycles. The third-order valence-corrected chi connectivity index (χ3v) is 8.35. The Kier molecular flexibility index (Phi) is 5.61. The lowest BCUT2D eigenvalue weighted by atomic mass is 10.0. The van der Waals surface area contributed by atoms with Crippen LogP contribution < -0.4 is 14.8 Å². The second-order valence-electron chi connectivity index (χ2n) is 9.72. The fraction of sp³-hybridized carbons (Fsp3) is 0.290. The number of hydrogen-bond donors (Lipinski definition) is 2. The zero-order valence-electron chi connectivity index (χ0n) is 30.1. The van der Waals surface area contributed by atoms with Crippen LogP contribution in [0.15, 0.2) is 71.8 Å². The van der Waals surface area contributed by atoms with E-state index in [1.54, 1.807) is 19.1 Å². The van der Waals surface area contributed by atoms with Gasteiger partial charge in [-0.25, -0.2) is 17.9 Å². The number of anilines is 1. The largest absolute Gasteiger partial charge is 0.496 e. The average Bonchev–Trinajstić information content (AvgIpc) is 3.64. The molecule has 1 aromatic heterocycles. The van der Waals surface area contributed by atoms with Crippen molar-refractivity contribution in [2.24, 2.45) is 6.98 Å². The van der Waals surface area contributed by atoms with Crippen LogP contribution in [0.4, 0.5) is 10.5 Å². The molecule has 0 saturated heterocycles. The molecule has 0 atom stereocenters. The Morgan fingerprint density at radius 2 is 1.88 bits per heavy atom. The van der Waals surface area contributed by atoms with Gasteiger partial charge in [0.1, 0.15) is 11.9 Å². The van der Waals surface area contributed by atoms with Gasteiger partial charge in [0.25, 0.3) is 15.9 Å². The summed E-state index contributed by atoms with van der Waals surface area (Å²) in [5.41, 5.74) is -0.321. The highest BCUT2D eigenvalue weighted by atomic mass is 32.2. The molecule has 214 valence electrons. The number of carbonyl (C=O) groups is 2. The topological polar surface area (TPSA) is 116 Å². The van der Waals surface area contributed by atoms with Crippen molar-refractivity contribution < 1.29 is 38.4 Å². The third-order valence-electron chi connectivity index (χ3n) is 6.86. The number of aromatic nitrogens is 1. The maximum Gasteiger partial charge on any atom is 0.411 e. The van der Waals surface area contributed by atoms with Crippen LogP contribution in [0.1, 0.15) is 63.7 Å². The van der Waals surface area contributed by atoms with Crippen molar-refractivity contribution in [1.82, 2.24) is 9.29 Å². The van der Waals surface area contributed by atoms with Gasteiger partial charge in [0.15, 0.2) is 0 Å². The van der Waals surface area contributed by atoms with Gasteiger partial charge in [-0.15, -0.1) is 0 Å². The number of nitrogens with one attached hydrogen (secondary N) is 2. The van der Waals surface area contributed by atoms with Gasteiger partial charge in [-0.3, -0.25) is 10.1 Å². The summed E-state index contributed by atoms with van der Waals surface area (Å²) in [5.74, 6) is -1.75. The first-order valence-electron chi connectivity index (χ1n) is 16.9. The summed E-state index contributed by atoms with van der Waals surface area (Å²) in [4.78, 5) is 25.6. The van der Waals surface area contributed by atoms with Crippen LogP contribution in [0, 0.1) is 6.92 Å². The minimum absolute atomic E-state index is 0.0748. The number of hydrogen-bond acceptors (Lipinski definition) is 6. The Morgan fingerprint density at radius 3 is 2.63 bits per heavy atom. The van der Waals surface area contributed by atoms with E-state index in [4.69, 9.17) is 17.7 Å². The summed E-state index contributed by atoms with van der Waals surface area (Å²) in [6.07, 6.45) is 0.802. The van der Waals surface area contributed by atoms with Crippen molar-refractivity contribution in [3.05, 3.63) is 89.1 Å². The Bertz CT molecular complexity index is 2020. The van der Waals surface area contributed by atoms with Crippen molar-refractivity contribution in [2.45, 2.75) is 50.0 Å². The Labute approximate surface area is 250 Å². The lowest BCUT2D eigenvalue weighted by Gasteiger charge is -2.13. The molecule has 1 aliphatic carbocycles. The number of methoxy groups -OCH3 is 1. The van der Waals surface area contributed by atoms with Gasteiger partial charge < -0.3 is 14.0 Å². The summed E-state index contributed by atoms with van der Waals surface area (Å²) >= 11 is 0. The predicted octanol–water partition coefficient (Wildman–Crippen LogP) is 5.70. The Hall–Kier alpha value is -4.31. The number of carbonyl (C=O) groups excluding carboxylic acids is 2. The van der Waals surface area contributed by atoms with E-state index < -0.39 is 53.7 Å². The fourth-order valence-electron chi connectivity index (χ4n) is 4.80. The van der Waals surface area contributed by atoms with Crippen molar-refractivity contribution >= 4 is 38.6 Å². The third kappa shape index (κ3) is 6.22. The second-order valence-corrected chi connectivity index (χ2v) is 11.4. The smallest absolute Gasteiger partial charge is 0.411 e. The maximum absolute atomic E-state index is 13.1. The molecule has 1 aliphatic rings. The average molecular weight is 584 g/mol. The van der Waals surface area contributed by atoms with Crippen LogP contribution in [-0.4, -0.2) is 38.1 Å².